The summed E-state index contributed by atoms with van der Waals surface area (Å²) in [4.78, 5) is 11.5. The Morgan fingerprint density at radius 3 is 2.71 bits per heavy atom. The summed E-state index contributed by atoms with van der Waals surface area (Å²) in [7, 11) is 0. The maximum absolute atomic E-state index is 12.6. The van der Waals surface area contributed by atoms with Crippen molar-refractivity contribution in [3.05, 3.63) is 18.0 Å². The molecule has 1 heterocycles. The van der Waals surface area contributed by atoms with Crippen LogP contribution in [0.2, 0.25) is 0 Å². The van der Waals surface area contributed by atoms with Gasteiger partial charge in [-0.1, -0.05) is 6.92 Å². The van der Waals surface area contributed by atoms with Crippen LogP contribution in [0.3, 0.4) is 0 Å². The molecule has 120 valence electrons. The molecule has 0 aromatic carbocycles. The number of carbonyl (C=O) groups is 1. The van der Waals surface area contributed by atoms with Gasteiger partial charge in [0.15, 0.2) is 5.78 Å². The lowest BCUT2D eigenvalue weighted by Crippen LogP contribution is -2.33. The molecule has 1 unspecified atom stereocenters. The Hall–Kier alpha value is -1.44. The van der Waals surface area contributed by atoms with E-state index in [0.717, 1.165) is 6.42 Å². The van der Waals surface area contributed by atoms with Crippen molar-refractivity contribution in [2.75, 3.05) is 13.2 Å². The highest BCUT2D eigenvalue weighted by atomic mass is 19.3. The predicted molar refractivity (Wildman–Crippen MR) is 67.7 cm³/mol. The molecule has 0 amide bonds. The summed E-state index contributed by atoms with van der Waals surface area (Å²) in [5.41, 5.74) is 0.490. The van der Waals surface area contributed by atoms with Crippen molar-refractivity contribution in [3.8, 4) is 0 Å². The first-order valence-electron chi connectivity index (χ1n) is 6.55. The highest BCUT2D eigenvalue weighted by Crippen LogP contribution is 2.22. The van der Waals surface area contributed by atoms with Crippen molar-refractivity contribution in [2.45, 2.75) is 45.1 Å². The number of nitrogens with zero attached hydrogens (tertiary/aromatic N) is 2. The Balaban J connectivity index is 2.39. The van der Waals surface area contributed by atoms with Crippen LogP contribution in [-0.4, -0.2) is 41.1 Å². The quantitative estimate of drug-likeness (QED) is 0.659. The summed E-state index contributed by atoms with van der Waals surface area (Å²) in [5.74, 6) is -4.73. The molecule has 0 bridgehead atoms. The maximum atomic E-state index is 12.6. The fourth-order valence-corrected chi connectivity index (χ4v) is 1.52. The molecule has 0 radical (unpaired) electrons. The van der Waals surface area contributed by atoms with Crippen molar-refractivity contribution in [1.29, 1.82) is 0 Å². The van der Waals surface area contributed by atoms with E-state index in [2.05, 4.69) is 9.84 Å². The first-order valence-corrected chi connectivity index (χ1v) is 6.55. The number of ether oxygens (including phenoxy) is 1. The first-order chi connectivity index (χ1) is 9.76. The molecule has 0 saturated carbocycles. The summed E-state index contributed by atoms with van der Waals surface area (Å²) < 4.78 is 54.9. The van der Waals surface area contributed by atoms with Crippen LogP contribution in [0.5, 0.6) is 0 Å². The second kappa shape index (κ2) is 7.53. The van der Waals surface area contributed by atoms with Gasteiger partial charge in [-0.3, -0.25) is 9.48 Å². The monoisotopic (exact) mass is 310 g/mol. The zero-order chi connectivity index (χ0) is 16.0. The van der Waals surface area contributed by atoms with Gasteiger partial charge in [0, 0.05) is 12.2 Å². The van der Waals surface area contributed by atoms with E-state index >= 15 is 0 Å². The molecule has 1 aromatic heterocycles. The average molecular weight is 310 g/mol. The second-order valence-corrected chi connectivity index (χ2v) is 4.81. The van der Waals surface area contributed by atoms with E-state index in [0.29, 0.717) is 5.69 Å². The van der Waals surface area contributed by atoms with Gasteiger partial charge in [0.25, 0.3) is 0 Å². The van der Waals surface area contributed by atoms with Crippen LogP contribution in [0, 0.1) is 0 Å². The second-order valence-electron chi connectivity index (χ2n) is 4.81. The van der Waals surface area contributed by atoms with E-state index in [1.54, 1.807) is 16.9 Å². The van der Waals surface area contributed by atoms with Gasteiger partial charge in [-0.2, -0.15) is 13.9 Å². The Bertz CT molecular complexity index is 463. The number of alkyl halides is 4. The summed E-state index contributed by atoms with van der Waals surface area (Å²) >= 11 is 0. The van der Waals surface area contributed by atoms with Gasteiger partial charge in [-0.15, -0.1) is 0 Å². The number of carbonyl (C=O) groups excluding carboxylic acids is 1. The van der Waals surface area contributed by atoms with E-state index in [9.17, 15) is 22.4 Å². The number of Topliss-reactive ketones (excluding diaryl/α,β-unsaturated/α-hetero) is 1. The third-order valence-corrected chi connectivity index (χ3v) is 2.96. The normalized spacial score (nSPS) is 13.7. The zero-order valence-corrected chi connectivity index (χ0v) is 11.9. The van der Waals surface area contributed by atoms with Crippen molar-refractivity contribution in [1.82, 2.24) is 9.78 Å². The third kappa shape index (κ3) is 5.45. The van der Waals surface area contributed by atoms with Crippen LogP contribution in [0.1, 0.15) is 32.0 Å². The van der Waals surface area contributed by atoms with Crippen LogP contribution >= 0.6 is 0 Å². The van der Waals surface area contributed by atoms with E-state index in [-0.39, 0.29) is 12.5 Å². The molecule has 4 nitrogen and oxygen atoms in total. The smallest absolute Gasteiger partial charge is 0.330 e. The fraction of sp³-hybridized carbons (Fsp3) is 0.692. The molecule has 0 fully saturated rings. The van der Waals surface area contributed by atoms with Crippen LogP contribution in [-0.2, 0) is 16.0 Å². The summed E-state index contributed by atoms with van der Waals surface area (Å²) in [5, 5.41) is 4.18. The van der Waals surface area contributed by atoms with Gasteiger partial charge in [0.1, 0.15) is 13.2 Å². The molecule has 21 heavy (non-hydrogen) atoms. The van der Waals surface area contributed by atoms with E-state index in [1.165, 1.54) is 0 Å². The highest BCUT2D eigenvalue weighted by molar-refractivity contribution is 5.81. The largest absolute Gasteiger partial charge is 0.367 e. The van der Waals surface area contributed by atoms with Gasteiger partial charge in [0.05, 0.1) is 12.1 Å². The predicted octanol–water partition coefficient (Wildman–Crippen LogP) is 2.88. The molecule has 1 rings (SSSR count). The van der Waals surface area contributed by atoms with E-state index in [4.69, 9.17) is 0 Å². The van der Waals surface area contributed by atoms with Gasteiger partial charge in [0.2, 0.25) is 0 Å². The lowest BCUT2D eigenvalue weighted by Gasteiger charge is -2.14. The maximum Gasteiger partial charge on any atom is 0.330 e. The molecular formula is C13H18F4N2O2. The number of aromatic nitrogens is 2. The van der Waals surface area contributed by atoms with Gasteiger partial charge >= 0.3 is 12.3 Å². The van der Waals surface area contributed by atoms with Crippen molar-refractivity contribution >= 4 is 5.78 Å². The minimum Gasteiger partial charge on any atom is -0.367 e. The minimum atomic E-state index is -4.24. The van der Waals surface area contributed by atoms with Crippen LogP contribution in [0.25, 0.3) is 0 Å². The van der Waals surface area contributed by atoms with Gasteiger partial charge in [-0.05, 0) is 19.4 Å². The Morgan fingerprint density at radius 1 is 1.48 bits per heavy atom. The van der Waals surface area contributed by atoms with Crippen LogP contribution in [0.15, 0.2) is 12.3 Å². The van der Waals surface area contributed by atoms with Crippen molar-refractivity contribution in [3.63, 3.8) is 0 Å². The van der Waals surface area contributed by atoms with Crippen LogP contribution < -0.4 is 0 Å². The molecule has 1 atom stereocenters. The third-order valence-electron chi connectivity index (χ3n) is 2.96. The van der Waals surface area contributed by atoms with E-state index in [1.807, 2.05) is 13.8 Å². The molecule has 1 aromatic rings. The minimum absolute atomic E-state index is 0.0797. The molecule has 0 aliphatic heterocycles. The van der Waals surface area contributed by atoms with Crippen molar-refractivity contribution < 1.29 is 27.1 Å². The lowest BCUT2D eigenvalue weighted by molar-refractivity contribution is -0.168. The lowest BCUT2D eigenvalue weighted by atomic mass is 10.2. The fourth-order valence-electron chi connectivity index (χ4n) is 1.52. The summed E-state index contributed by atoms with van der Waals surface area (Å²) in [6, 6.07) is 1.84. The standard InChI is InChI=1S/C13H18F4N2O2/c1-3-9(2)19-5-4-10(18-19)6-11(20)7-21-8-13(16,17)12(14)15/h4-5,9,12H,3,6-8H2,1-2H3. The number of ketones is 1. The molecule has 0 saturated heterocycles. The molecule has 0 aliphatic rings. The highest BCUT2D eigenvalue weighted by Gasteiger charge is 2.41. The summed E-state index contributed by atoms with van der Waals surface area (Å²) in [6.07, 6.45) is -1.29. The topological polar surface area (TPSA) is 44.1 Å². The molecular weight excluding hydrogens is 292 g/mol. The molecule has 0 spiro atoms. The Morgan fingerprint density at radius 2 is 2.14 bits per heavy atom. The Labute approximate surface area is 120 Å². The zero-order valence-electron chi connectivity index (χ0n) is 11.9. The molecule has 0 aliphatic carbocycles. The SMILES string of the molecule is CCC(C)n1ccc(CC(=O)COCC(F)(F)C(F)F)n1. The molecule has 8 heteroatoms. The summed E-state index contributed by atoms with van der Waals surface area (Å²) in [6.45, 7) is 1.85. The van der Waals surface area contributed by atoms with E-state index < -0.39 is 31.3 Å². The number of rotatable bonds is 9. The number of halogens is 4. The van der Waals surface area contributed by atoms with Gasteiger partial charge in [-0.25, -0.2) is 8.78 Å². The van der Waals surface area contributed by atoms with Crippen LogP contribution in [0.4, 0.5) is 17.6 Å². The van der Waals surface area contributed by atoms with Crippen molar-refractivity contribution in [2.24, 2.45) is 0 Å². The van der Waals surface area contributed by atoms with Gasteiger partial charge < -0.3 is 4.74 Å². The number of hydrogen-bond donors (Lipinski definition) is 0. The average Bonchev–Trinajstić information content (AvgIpc) is 2.85. The number of hydrogen-bond acceptors (Lipinski definition) is 3. The first kappa shape index (κ1) is 17.6. The Kier molecular flexibility index (Phi) is 6.32. The molecule has 0 N–H and O–H groups in total.